The van der Waals surface area contributed by atoms with Crippen LogP contribution in [-0.2, 0) is 28.6 Å². The monoisotopic (exact) mass is 683 g/mol. The summed E-state index contributed by atoms with van der Waals surface area (Å²) < 4.78 is 16.9. The predicted octanol–water partition coefficient (Wildman–Crippen LogP) is 9.84. The average molecular weight is 683 g/mol. The number of ether oxygens (including phenoxy) is 3. The standard InChI is InChI=1S/C40H78N2O6/c1-5-7-9-11-13-15-17-19-21-23-25-27-29-31-37(43)47-35-36(46-34-33-42(3)4)39(40(41)45)48-38(44)32-30-28-26-24-22-20-18-16-14-12-10-8-6-2/h36,39H,5-35H2,1-4H3,(H2,41,45). The highest BCUT2D eigenvalue weighted by Crippen LogP contribution is 2.16. The third-order valence-electron chi connectivity index (χ3n) is 9.12. The molecule has 0 aliphatic heterocycles. The topological polar surface area (TPSA) is 108 Å². The summed E-state index contributed by atoms with van der Waals surface area (Å²) >= 11 is 0. The van der Waals surface area contributed by atoms with Gasteiger partial charge in [0.2, 0.25) is 6.10 Å². The van der Waals surface area contributed by atoms with E-state index in [9.17, 15) is 14.4 Å². The Kier molecular flexibility index (Phi) is 33.9. The first-order valence-electron chi connectivity index (χ1n) is 20.2. The lowest BCUT2D eigenvalue weighted by Gasteiger charge is -2.25. The van der Waals surface area contributed by atoms with E-state index < -0.39 is 24.1 Å². The second kappa shape index (κ2) is 35.2. The van der Waals surface area contributed by atoms with Crippen molar-refractivity contribution in [3.8, 4) is 0 Å². The number of carbonyl (C=O) groups excluding carboxylic acids is 3. The van der Waals surface area contributed by atoms with Crippen LogP contribution in [0.1, 0.15) is 194 Å². The molecule has 1 amide bonds. The minimum absolute atomic E-state index is 0.176. The predicted molar refractivity (Wildman–Crippen MR) is 199 cm³/mol. The molecule has 0 fully saturated rings. The number of nitrogens with two attached hydrogens (primary N) is 1. The van der Waals surface area contributed by atoms with Crippen LogP contribution < -0.4 is 5.73 Å². The Morgan fingerprint density at radius 1 is 0.542 bits per heavy atom. The van der Waals surface area contributed by atoms with Gasteiger partial charge >= 0.3 is 11.9 Å². The van der Waals surface area contributed by atoms with Crippen LogP contribution in [0.5, 0.6) is 0 Å². The lowest BCUT2D eigenvalue weighted by Crippen LogP contribution is -2.47. The number of nitrogens with zero attached hydrogens (tertiary/aromatic N) is 1. The van der Waals surface area contributed by atoms with E-state index in [-0.39, 0.29) is 25.6 Å². The molecular weight excluding hydrogens is 604 g/mol. The molecule has 0 rings (SSSR count). The van der Waals surface area contributed by atoms with Crippen molar-refractivity contribution in [2.45, 2.75) is 206 Å². The molecule has 0 aromatic rings. The van der Waals surface area contributed by atoms with Crippen molar-refractivity contribution in [3.05, 3.63) is 0 Å². The van der Waals surface area contributed by atoms with Gasteiger partial charge in [-0.15, -0.1) is 0 Å². The van der Waals surface area contributed by atoms with Crippen LogP contribution in [0.25, 0.3) is 0 Å². The molecule has 0 spiro atoms. The maximum atomic E-state index is 12.6. The number of unbranched alkanes of at least 4 members (excludes halogenated alkanes) is 24. The van der Waals surface area contributed by atoms with Crippen LogP contribution in [-0.4, -0.2) is 68.8 Å². The fourth-order valence-electron chi connectivity index (χ4n) is 5.95. The van der Waals surface area contributed by atoms with E-state index in [4.69, 9.17) is 19.9 Å². The minimum atomic E-state index is -1.30. The van der Waals surface area contributed by atoms with Crippen LogP contribution in [0, 0.1) is 0 Å². The van der Waals surface area contributed by atoms with Gasteiger partial charge in [-0.1, -0.05) is 168 Å². The van der Waals surface area contributed by atoms with Crippen LogP contribution in [0.15, 0.2) is 0 Å². The quantitative estimate of drug-likeness (QED) is 0.0513. The van der Waals surface area contributed by atoms with Gasteiger partial charge in [0.05, 0.1) is 6.61 Å². The maximum Gasteiger partial charge on any atom is 0.306 e. The average Bonchev–Trinajstić information content (AvgIpc) is 3.05. The van der Waals surface area contributed by atoms with Gasteiger partial charge in [-0.05, 0) is 26.9 Å². The first-order chi connectivity index (χ1) is 23.3. The summed E-state index contributed by atoms with van der Waals surface area (Å²) in [6.45, 7) is 5.22. The zero-order valence-electron chi connectivity index (χ0n) is 32.0. The van der Waals surface area contributed by atoms with Gasteiger partial charge in [0.15, 0.2) is 0 Å². The summed E-state index contributed by atoms with van der Waals surface area (Å²) in [5.41, 5.74) is 5.64. The van der Waals surface area contributed by atoms with Crippen molar-refractivity contribution >= 4 is 17.8 Å². The highest BCUT2D eigenvalue weighted by atomic mass is 16.6. The molecule has 8 nitrogen and oxygen atoms in total. The van der Waals surface area contributed by atoms with Gasteiger partial charge in [0, 0.05) is 19.4 Å². The Morgan fingerprint density at radius 2 is 0.896 bits per heavy atom. The number of likely N-dealkylation sites (N-methyl/N-ethyl adjacent to an activating group) is 1. The Labute approximate surface area is 296 Å². The zero-order valence-corrected chi connectivity index (χ0v) is 32.0. The second-order valence-corrected chi connectivity index (χ2v) is 14.2. The SMILES string of the molecule is CCCCCCCCCCCCCCCC(=O)OCC(OCCN(C)C)C(OC(=O)CCCCCCCCCCCCCCC)C(N)=O. The van der Waals surface area contributed by atoms with Gasteiger partial charge < -0.3 is 24.8 Å². The van der Waals surface area contributed by atoms with Crippen LogP contribution in [0.4, 0.5) is 0 Å². The van der Waals surface area contributed by atoms with Crippen molar-refractivity contribution < 1.29 is 28.6 Å². The summed E-state index contributed by atoms with van der Waals surface area (Å²) in [6, 6.07) is 0. The van der Waals surface area contributed by atoms with E-state index in [2.05, 4.69) is 13.8 Å². The third kappa shape index (κ3) is 31.6. The van der Waals surface area contributed by atoms with E-state index in [1.165, 1.54) is 128 Å². The van der Waals surface area contributed by atoms with E-state index in [1.807, 2.05) is 19.0 Å². The Balaban J connectivity index is 4.29. The van der Waals surface area contributed by atoms with E-state index in [0.717, 1.165) is 32.1 Å². The molecule has 0 aliphatic rings. The molecule has 2 unspecified atom stereocenters. The number of amides is 1. The van der Waals surface area contributed by atoms with Crippen molar-refractivity contribution in [1.29, 1.82) is 0 Å². The first kappa shape index (κ1) is 46.3. The summed E-state index contributed by atoms with van der Waals surface area (Å²) in [5.74, 6) is -1.60. The van der Waals surface area contributed by atoms with E-state index in [1.54, 1.807) is 0 Å². The number of rotatable bonds is 37. The molecule has 0 aromatic heterocycles. The molecule has 0 aliphatic carbocycles. The zero-order chi connectivity index (χ0) is 35.5. The molecular formula is C40H78N2O6. The fourth-order valence-corrected chi connectivity index (χ4v) is 5.95. The summed E-state index contributed by atoms with van der Waals surface area (Å²) in [6.07, 6.45) is 30.3. The summed E-state index contributed by atoms with van der Waals surface area (Å²) in [4.78, 5) is 39.4. The third-order valence-corrected chi connectivity index (χ3v) is 9.12. The van der Waals surface area contributed by atoms with Gasteiger partial charge in [0.1, 0.15) is 12.7 Å². The first-order valence-corrected chi connectivity index (χ1v) is 20.2. The molecule has 0 saturated carbocycles. The highest BCUT2D eigenvalue weighted by molar-refractivity contribution is 5.83. The van der Waals surface area contributed by atoms with Gasteiger partial charge in [-0.25, -0.2) is 0 Å². The molecule has 284 valence electrons. The van der Waals surface area contributed by atoms with Crippen molar-refractivity contribution in [1.82, 2.24) is 4.90 Å². The summed E-state index contributed by atoms with van der Waals surface area (Å²) in [7, 11) is 3.82. The number of hydrogen-bond donors (Lipinski definition) is 1. The van der Waals surface area contributed by atoms with Gasteiger partial charge in [-0.2, -0.15) is 0 Å². The van der Waals surface area contributed by atoms with Crippen LogP contribution in [0.2, 0.25) is 0 Å². The molecule has 0 heterocycles. The molecule has 8 heteroatoms. The molecule has 0 radical (unpaired) electrons. The maximum absolute atomic E-state index is 12.6. The van der Waals surface area contributed by atoms with Crippen molar-refractivity contribution in [3.63, 3.8) is 0 Å². The molecule has 0 aromatic carbocycles. The van der Waals surface area contributed by atoms with E-state index in [0.29, 0.717) is 19.4 Å². The van der Waals surface area contributed by atoms with E-state index >= 15 is 0 Å². The Hall–Kier alpha value is -1.67. The lowest BCUT2D eigenvalue weighted by atomic mass is 10.0. The molecule has 2 atom stereocenters. The van der Waals surface area contributed by atoms with Crippen LogP contribution in [0.3, 0.4) is 0 Å². The molecule has 48 heavy (non-hydrogen) atoms. The van der Waals surface area contributed by atoms with Gasteiger partial charge in [-0.3, -0.25) is 14.4 Å². The largest absolute Gasteiger partial charge is 0.463 e. The Bertz CT molecular complexity index is 747. The number of primary amides is 1. The highest BCUT2D eigenvalue weighted by Gasteiger charge is 2.32. The smallest absolute Gasteiger partial charge is 0.306 e. The normalized spacial score (nSPS) is 12.7. The fraction of sp³-hybridized carbons (Fsp3) is 0.925. The lowest BCUT2D eigenvalue weighted by molar-refractivity contribution is -0.171. The van der Waals surface area contributed by atoms with Crippen molar-refractivity contribution in [2.24, 2.45) is 5.73 Å². The van der Waals surface area contributed by atoms with Crippen molar-refractivity contribution in [2.75, 3.05) is 33.9 Å². The van der Waals surface area contributed by atoms with Gasteiger partial charge in [0.25, 0.3) is 5.91 Å². The molecule has 0 bridgehead atoms. The molecule has 0 saturated heterocycles. The number of carbonyl (C=O) groups is 3. The second-order valence-electron chi connectivity index (χ2n) is 14.2. The molecule has 2 N–H and O–H groups in total. The number of hydrogen-bond acceptors (Lipinski definition) is 7. The Morgan fingerprint density at radius 3 is 1.25 bits per heavy atom. The summed E-state index contributed by atoms with van der Waals surface area (Å²) in [5, 5.41) is 0. The number of esters is 2. The van der Waals surface area contributed by atoms with Crippen LogP contribution >= 0.6 is 0 Å². The minimum Gasteiger partial charge on any atom is -0.463 e.